The molecular formula is C110H100N10O16Zn2. The van der Waals surface area contributed by atoms with Crippen LogP contribution in [0.3, 0.4) is 0 Å². The second-order valence-electron chi connectivity index (χ2n) is 30.6. The first-order valence-corrected chi connectivity index (χ1v) is 44.8. The summed E-state index contributed by atoms with van der Waals surface area (Å²) in [6.07, 6.45) is 22.6. The smallest absolute Gasteiger partial charge is 0.656 e. The first-order valence-electron chi connectivity index (χ1n) is 44.8. The molecule has 690 valence electrons. The van der Waals surface area contributed by atoms with Crippen LogP contribution < -0.4 is 38.9 Å². The molecule has 0 spiro atoms. The van der Waals surface area contributed by atoms with Crippen LogP contribution in [-0.4, -0.2) is 217 Å². The molecule has 0 N–H and O–H groups in total. The third-order valence-corrected chi connectivity index (χ3v) is 21.4. The maximum atomic E-state index is 6.40. The van der Waals surface area contributed by atoms with Crippen molar-refractivity contribution >= 4 is 92.7 Å². The number of ether oxygens (including phenoxy) is 16. The number of rotatable bonds is 44. The molecule has 12 aromatic rings. The summed E-state index contributed by atoms with van der Waals surface area (Å²) in [7, 11) is 6.56. The molecule has 4 aliphatic heterocycles. The molecule has 0 aliphatic carbocycles. The molecule has 0 saturated heterocycles. The van der Waals surface area contributed by atoms with Gasteiger partial charge >= 0.3 is 39.0 Å². The van der Waals surface area contributed by atoms with Gasteiger partial charge in [-0.15, -0.1) is 44.1 Å². The normalized spacial score (nSPS) is 11.5. The Balaban J connectivity index is 0.00000760. The Morgan fingerprint density at radius 1 is 0.225 bits per heavy atom. The largest absolute Gasteiger partial charge is 2.00 e. The van der Waals surface area contributed by atoms with Crippen molar-refractivity contribution in [3.8, 4) is 115 Å². The van der Waals surface area contributed by atoms with Crippen LogP contribution >= 0.6 is 0 Å². The van der Waals surface area contributed by atoms with E-state index in [2.05, 4.69) is 57.3 Å². The predicted molar refractivity (Wildman–Crippen MR) is 526 cm³/mol. The van der Waals surface area contributed by atoms with E-state index in [0.717, 1.165) is 33.4 Å². The quantitative estimate of drug-likeness (QED) is 0.0195. The zero-order valence-electron chi connectivity index (χ0n) is 77.5. The first kappa shape index (κ1) is 101. The van der Waals surface area contributed by atoms with Crippen LogP contribution in [0, 0.1) is 47.4 Å². The Morgan fingerprint density at radius 3 is 0.688 bits per heavy atom. The second-order valence-corrected chi connectivity index (χ2v) is 30.6. The van der Waals surface area contributed by atoms with E-state index < -0.39 is 0 Å². The standard InChI is InChI=1S/C110H100N10O16.2Zn/c1-121-49-53-125-57-61-129-65-69-133-83-15-7-11-79(73-83)107-99-33-25-91(113-99)87(92-26-34-100(114-92)108(80-12-8-16-84(74-80)134-70-66-130-62-58-126-54-50-122-2)104-38-30-96(118-104)89(95-29-37-103(107)117-95)23-21-77-41-45-111-46-42-77)19-5-6-20-88-93-27-35-101(115-93)109(81-13-9-17-85(75-81)135-71-67-131-63-59-127-55-51-123-3)105-39-31-97(119-105)90(24-22-78-43-47-112-48-44-78)98-32-40-106(120-98)110(102-36-28-94(88)116-102)82-14-10-18-86(76-82)136-72-68-132-64-60-128-56-52-124-4;;/h7-18,25-48,73-76H,49-72H2,1-4H3;;/q-4;2*+2. The molecule has 0 atom stereocenters. The minimum atomic E-state index is 0. The fraction of sp³-hybridized carbons (Fsp3) is 0.255. The summed E-state index contributed by atoms with van der Waals surface area (Å²) >= 11 is 0. The molecule has 16 bridgehead atoms. The van der Waals surface area contributed by atoms with Gasteiger partial charge in [0.05, 0.1) is 178 Å². The molecule has 16 rings (SSSR count). The molecule has 4 aromatic carbocycles. The van der Waals surface area contributed by atoms with Gasteiger partial charge in [0, 0.05) is 86.6 Å². The van der Waals surface area contributed by atoms with Gasteiger partial charge < -0.3 is 95.7 Å². The molecular weight excluding hydrogens is 1850 g/mol. The summed E-state index contributed by atoms with van der Waals surface area (Å²) in [5.41, 5.74) is 18.6. The molecule has 0 amide bonds. The molecule has 138 heavy (non-hydrogen) atoms. The number of hydrogen-bond donors (Lipinski definition) is 0. The maximum Gasteiger partial charge on any atom is 2.00 e. The van der Waals surface area contributed by atoms with Crippen molar-refractivity contribution < 1.29 is 115 Å². The van der Waals surface area contributed by atoms with Crippen molar-refractivity contribution in [2.24, 2.45) is 0 Å². The fourth-order valence-corrected chi connectivity index (χ4v) is 14.9. The van der Waals surface area contributed by atoms with Crippen molar-refractivity contribution in [2.45, 2.75) is 0 Å². The molecule has 0 fully saturated rings. The van der Waals surface area contributed by atoms with Gasteiger partial charge in [-0.25, -0.2) is 19.9 Å². The maximum absolute atomic E-state index is 6.40. The van der Waals surface area contributed by atoms with Crippen LogP contribution in [0.25, 0.3) is 137 Å². The Bertz CT molecular complexity index is 6390. The number of nitrogens with zero attached hydrogens (tertiary/aromatic N) is 10. The summed E-state index contributed by atoms with van der Waals surface area (Å²) in [5, 5.41) is 0. The fourth-order valence-electron chi connectivity index (χ4n) is 14.9. The Kier molecular flexibility index (Phi) is 38.9. The zero-order chi connectivity index (χ0) is 92.9. The second kappa shape index (κ2) is 53.3. The summed E-state index contributed by atoms with van der Waals surface area (Å²) in [5.74, 6) is 29.9. The average Bonchev–Trinajstić information content (AvgIpc) is 1.62. The minimum Gasteiger partial charge on any atom is -0.656 e. The molecule has 28 heteroatoms. The van der Waals surface area contributed by atoms with Crippen LogP contribution in [0.4, 0.5) is 0 Å². The number of pyridine rings is 2. The van der Waals surface area contributed by atoms with Crippen molar-refractivity contribution in [2.75, 3.05) is 187 Å². The van der Waals surface area contributed by atoms with Gasteiger partial charge in [-0.1, -0.05) is 133 Å². The Morgan fingerprint density at radius 2 is 0.442 bits per heavy atom. The van der Waals surface area contributed by atoms with E-state index in [1.54, 1.807) is 53.2 Å². The predicted octanol–water partition coefficient (Wildman–Crippen LogP) is 16.0. The Labute approximate surface area is 827 Å². The van der Waals surface area contributed by atoms with Crippen LogP contribution in [0.5, 0.6) is 23.0 Å². The van der Waals surface area contributed by atoms with Crippen molar-refractivity contribution in [3.63, 3.8) is 0 Å². The third-order valence-electron chi connectivity index (χ3n) is 21.4. The van der Waals surface area contributed by atoms with E-state index in [9.17, 15) is 0 Å². The van der Waals surface area contributed by atoms with E-state index in [-0.39, 0.29) is 65.4 Å². The Hall–Kier alpha value is -13.4. The summed E-state index contributed by atoms with van der Waals surface area (Å²) in [4.78, 5) is 52.5. The van der Waals surface area contributed by atoms with Crippen molar-refractivity contribution in [1.29, 1.82) is 0 Å². The van der Waals surface area contributed by atoms with Gasteiger partial charge in [-0.2, -0.15) is 0 Å². The van der Waals surface area contributed by atoms with Crippen LogP contribution in [0.15, 0.2) is 195 Å². The van der Waals surface area contributed by atoms with Gasteiger partial charge in [0.2, 0.25) is 0 Å². The van der Waals surface area contributed by atoms with Gasteiger partial charge in [-0.3, -0.25) is 9.97 Å². The van der Waals surface area contributed by atoms with Gasteiger partial charge in [-0.05, 0) is 178 Å². The number of aromatic nitrogens is 10. The molecule has 0 unspecified atom stereocenters. The van der Waals surface area contributed by atoms with E-state index in [1.165, 1.54) is 0 Å². The monoisotopic (exact) mass is 1940 g/mol. The SMILES string of the molecule is COCCOCCOCCOc1cccc(-c2c3nc(c(C#Cc4ccncc4)c4ccc([n-]4)c(-c4cccc(OCCOCCOCCOC)c4)c4nc(c(C#CC#Cc5c6nc(c(-c7cccc(OCCOCCOCCOC)c7)c7ccc([n-]7)c(C#Cc7ccncc7)c7nc(c(-c8cccc(OCCOCCOCCOC)c8)c8ccc5[n-]8)C=C7)C=C6)c5ccc2[n-]5)C=C4)C=C3)c1.[Zn+2].[Zn+2]. The van der Waals surface area contributed by atoms with Gasteiger partial charge in [0.15, 0.2) is 0 Å². The van der Waals surface area contributed by atoms with E-state index >= 15 is 0 Å². The summed E-state index contributed by atoms with van der Waals surface area (Å²) < 4.78 is 92.2. The van der Waals surface area contributed by atoms with Crippen molar-refractivity contribution in [3.05, 3.63) is 274 Å². The molecule has 0 saturated carbocycles. The van der Waals surface area contributed by atoms with Gasteiger partial charge in [0.25, 0.3) is 0 Å². The van der Waals surface area contributed by atoms with Crippen LogP contribution in [-0.2, 0) is 95.8 Å². The van der Waals surface area contributed by atoms with Crippen LogP contribution in [0.1, 0.15) is 78.9 Å². The zero-order valence-corrected chi connectivity index (χ0v) is 83.4. The van der Waals surface area contributed by atoms with E-state index in [0.29, 0.717) is 289 Å². The molecule has 8 aromatic heterocycles. The number of hydrogen-bond acceptors (Lipinski definition) is 22. The number of benzene rings is 4. The van der Waals surface area contributed by atoms with E-state index in [1.807, 2.05) is 218 Å². The first-order chi connectivity index (χ1) is 67.3. The van der Waals surface area contributed by atoms with Gasteiger partial charge in [0.1, 0.15) is 49.4 Å². The summed E-state index contributed by atoms with van der Waals surface area (Å²) in [6.45, 7) is 9.67. The third kappa shape index (κ3) is 27.7. The molecule has 4 aliphatic rings. The average molecular weight is 1950 g/mol. The number of methoxy groups -OCH3 is 4. The summed E-state index contributed by atoms with van der Waals surface area (Å²) in [6, 6.07) is 54.6. The van der Waals surface area contributed by atoms with Crippen LogP contribution in [0.2, 0.25) is 0 Å². The topological polar surface area (TPSA) is 281 Å². The minimum absolute atomic E-state index is 0. The molecule has 26 nitrogen and oxygen atoms in total. The van der Waals surface area contributed by atoms with E-state index in [4.69, 9.17) is 116 Å². The number of fused-ring (bicyclic) bond motifs is 16. The molecule has 0 radical (unpaired) electrons. The molecule has 12 heterocycles. The van der Waals surface area contributed by atoms with Crippen molar-refractivity contribution in [1.82, 2.24) is 49.8 Å².